The SMILES string of the molecule is O=S(=O)(NCC(OCCO)c1ccsc1)c1ccc(C(F)(F)F)cc1. The minimum atomic E-state index is -4.53. The van der Waals surface area contributed by atoms with E-state index in [1.807, 2.05) is 0 Å². The third-order valence-electron chi connectivity index (χ3n) is 3.28. The first kappa shape index (κ1) is 19.9. The van der Waals surface area contributed by atoms with E-state index in [2.05, 4.69) is 4.72 Å². The number of benzene rings is 1. The van der Waals surface area contributed by atoms with Gasteiger partial charge in [0, 0.05) is 6.54 Å². The third-order valence-corrected chi connectivity index (χ3v) is 5.42. The first-order valence-electron chi connectivity index (χ1n) is 7.15. The molecule has 0 amide bonds. The summed E-state index contributed by atoms with van der Waals surface area (Å²) < 4.78 is 69.9. The summed E-state index contributed by atoms with van der Waals surface area (Å²) in [5.41, 5.74) is -0.178. The zero-order valence-electron chi connectivity index (χ0n) is 12.9. The minimum absolute atomic E-state index is 0.0303. The summed E-state index contributed by atoms with van der Waals surface area (Å²) in [6, 6.07) is 5.00. The second kappa shape index (κ2) is 8.28. The number of sulfonamides is 1. The molecule has 5 nitrogen and oxygen atoms in total. The second-order valence-electron chi connectivity index (χ2n) is 5.01. The number of ether oxygens (including phenoxy) is 1. The van der Waals surface area contributed by atoms with E-state index in [-0.39, 0.29) is 24.7 Å². The van der Waals surface area contributed by atoms with Gasteiger partial charge in [-0.05, 0) is 46.7 Å². The van der Waals surface area contributed by atoms with Crippen molar-refractivity contribution < 1.29 is 31.4 Å². The molecule has 0 saturated carbocycles. The van der Waals surface area contributed by atoms with Gasteiger partial charge in [0.25, 0.3) is 0 Å². The Morgan fingerprint density at radius 3 is 2.40 bits per heavy atom. The molecule has 10 heteroatoms. The molecule has 0 aliphatic heterocycles. The third kappa shape index (κ3) is 5.51. The number of aliphatic hydroxyl groups is 1. The lowest BCUT2D eigenvalue weighted by Gasteiger charge is -2.17. The maximum Gasteiger partial charge on any atom is 0.416 e. The van der Waals surface area contributed by atoms with Crippen molar-refractivity contribution >= 4 is 21.4 Å². The van der Waals surface area contributed by atoms with Crippen LogP contribution in [0.25, 0.3) is 0 Å². The van der Waals surface area contributed by atoms with Crippen molar-refractivity contribution in [3.05, 3.63) is 52.2 Å². The van der Waals surface area contributed by atoms with E-state index in [9.17, 15) is 21.6 Å². The Kier molecular flexibility index (Phi) is 6.58. The van der Waals surface area contributed by atoms with Gasteiger partial charge in [-0.2, -0.15) is 24.5 Å². The van der Waals surface area contributed by atoms with Crippen molar-refractivity contribution in [3.63, 3.8) is 0 Å². The highest BCUT2D eigenvalue weighted by molar-refractivity contribution is 7.89. The van der Waals surface area contributed by atoms with E-state index in [0.717, 1.165) is 17.7 Å². The van der Waals surface area contributed by atoms with E-state index >= 15 is 0 Å². The Hall–Kier alpha value is -1.46. The van der Waals surface area contributed by atoms with Crippen LogP contribution in [0.2, 0.25) is 0 Å². The summed E-state index contributed by atoms with van der Waals surface area (Å²) in [7, 11) is -3.99. The molecule has 0 radical (unpaired) electrons. The number of aliphatic hydroxyl groups excluding tert-OH is 1. The summed E-state index contributed by atoms with van der Waals surface area (Å²) in [4.78, 5) is -0.272. The van der Waals surface area contributed by atoms with Crippen molar-refractivity contribution in [1.82, 2.24) is 4.72 Å². The Balaban J connectivity index is 2.09. The average Bonchev–Trinajstić information content (AvgIpc) is 3.08. The van der Waals surface area contributed by atoms with Crippen LogP contribution in [-0.2, 0) is 20.9 Å². The van der Waals surface area contributed by atoms with Gasteiger partial charge in [-0.15, -0.1) is 0 Å². The van der Waals surface area contributed by atoms with Gasteiger partial charge < -0.3 is 9.84 Å². The zero-order chi connectivity index (χ0) is 18.5. The quantitative estimate of drug-likeness (QED) is 0.721. The molecule has 1 unspecified atom stereocenters. The van der Waals surface area contributed by atoms with Gasteiger partial charge >= 0.3 is 6.18 Å². The Labute approximate surface area is 147 Å². The van der Waals surface area contributed by atoms with Crippen LogP contribution in [0.1, 0.15) is 17.2 Å². The lowest BCUT2D eigenvalue weighted by Crippen LogP contribution is -2.30. The van der Waals surface area contributed by atoms with Gasteiger partial charge in [-0.1, -0.05) is 0 Å². The molecule has 2 N–H and O–H groups in total. The molecular formula is C15H16F3NO4S2. The van der Waals surface area contributed by atoms with Crippen LogP contribution in [0.3, 0.4) is 0 Å². The van der Waals surface area contributed by atoms with Gasteiger partial charge in [-0.25, -0.2) is 13.1 Å². The maximum absolute atomic E-state index is 12.5. The molecule has 2 rings (SSSR count). The number of rotatable bonds is 8. The highest BCUT2D eigenvalue weighted by atomic mass is 32.2. The van der Waals surface area contributed by atoms with Crippen LogP contribution >= 0.6 is 11.3 Å². The van der Waals surface area contributed by atoms with E-state index < -0.39 is 27.9 Å². The summed E-state index contributed by atoms with van der Waals surface area (Å²) in [5.74, 6) is 0. The summed E-state index contributed by atoms with van der Waals surface area (Å²) in [6.45, 7) is -0.297. The molecule has 0 fully saturated rings. The first-order chi connectivity index (χ1) is 11.7. The number of alkyl halides is 3. The van der Waals surface area contributed by atoms with E-state index in [1.54, 1.807) is 16.8 Å². The molecule has 0 saturated heterocycles. The van der Waals surface area contributed by atoms with Gasteiger partial charge in [0.15, 0.2) is 0 Å². The average molecular weight is 395 g/mol. The van der Waals surface area contributed by atoms with Crippen molar-refractivity contribution in [2.45, 2.75) is 17.2 Å². The Morgan fingerprint density at radius 1 is 1.20 bits per heavy atom. The lowest BCUT2D eigenvalue weighted by molar-refractivity contribution is -0.137. The smallest absolute Gasteiger partial charge is 0.394 e. The lowest BCUT2D eigenvalue weighted by atomic mass is 10.2. The highest BCUT2D eigenvalue weighted by Gasteiger charge is 2.30. The fraction of sp³-hybridized carbons (Fsp3) is 0.333. The molecule has 1 heterocycles. The molecule has 0 bridgehead atoms. The van der Waals surface area contributed by atoms with Gasteiger partial charge in [0.2, 0.25) is 10.0 Å². The first-order valence-corrected chi connectivity index (χ1v) is 9.58. The van der Waals surface area contributed by atoms with Crippen molar-refractivity contribution in [2.75, 3.05) is 19.8 Å². The molecule has 1 aromatic heterocycles. The summed E-state index contributed by atoms with van der Waals surface area (Å²) in [6.07, 6.45) is -5.14. The highest BCUT2D eigenvalue weighted by Crippen LogP contribution is 2.29. The van der Waals surface area contributed by atoms with Crippen LogP contribution in [0.15, 0.2) is 46.0 Å². The van der Waals surface area contributed by atoms with Crippen LogP contribution in [0.5, 0.6) is 0 Å². The maximum atomic E-state index is 12.5. The summed E-state index contributed by atoms with van der Waals surface area (Å²) >= 11 is 1.41. The predicted octanol–water partition coefficient (Wildman–Crippen LogP) is 2.80. The zero-order valence-corrected chi connectivity index (χ0v) is 14.5. The topological polar surface area (TPSA) is 75.6 Å². The van der Waals surface area contributed by atoms with Crippen molar-refractivity contribution in [2.24, 2.45) is 0 Å². The number of hydrogen-bond donors (Lipinski definition) is 2. The molecule has 1 atom stereocenters. The van der Waals surface area contributed by atoms with Crippen LogP contribution < -0.4 is 4.72 Å². The molecule has 1 aromatic carbocycles. The number of thiophene rings is 1. The predicted molar refractivity (Wildman–Crippen MR) is 86.7 cm³/mol. The normalized spacial score (nSPS) is 13.8. The molecule has 0 spiro atoms. The number of halogens is 3. The standard InChI is InChI=1S/C15H16F3NO4S2/c16-15(17,18)12-1-3-13(4-2-12)25(21,22)19-9-14(23-7-6-20)11-5-8-24-10-11/h1-5,8,10,14,19-20H,6-7,9H2. The molecule has 0 aliphatic carbocycles. The fourth-order valence-corrected chi connectivity index (χ4v) is 3.75. The van der Waals surface area contributed by atoms with Crippen LogP contribution in [0.4, 0.5) is 13.2 Å². The van der Waals surface area contributed by atoms with Gasteiger partial charge in [0.1, 0.15) is 0 Å². The van der Waals surface area contributed by atoms with Crippen LogP contribution in [-0.4, -0.2) is 33.3 Å². The second-order valence-corrected chi connectivity index (χ2v) is 7.56. The van der Waals surface area contributed by atoms with E-state index in [0.29, 0.717) is 12.1 Å². The molecule has 0 aliphatic rings. The largest absolute Gasteiger partial charge is 0.416 e. The molecule has 25 heavy (non-hydrogen) atoms. The van der Waals surface area contributed by atoms with Crippen LogP contribution in [0, 0.1) is 0 Å². The Bertz CT molecular complexity index is 759. The fourth-order valence-electron chi connectivity index (χ4n) is 2.02. The molecule has 2 aromatic rings. The van der Waals surface area contributed by atoms with Gasteiger partial charge in [-0.3, -0.25) is 0 Å². The minimum Gasteiger partial charge on any atom is -0.394 e. The van der Waals surface area contributed by atoms with Crippen molar-refractivity contribution in [3.8, 4) is 0 Å². The Morgan fingerprint density at radius 2 is 1.88 bits per heavy atom. The number of hydrogen-bond acceptors (Lipinski definition) is 5. The van der Waals surface area contributed by atoms with E-state index in [1.165, 1.54) is 11.3 Å². The monoisotopic (exact) mass is 395 g/mol. The van der Waals surface area contributed by atoms with E-state index in [4.69, 9.17) is 9.84 Å². The molecular weight excluding hydrogens is 379 g/mol. The van der Waals surface area contributed by atoms with Gasteiger partial charge in [0.05, 0.1) is 29.8 Å². The number of nitrogens with one attached hydrogen (secondary N) is 1. The van der Waals surface area contributed by atoms with Crippen molar-refractivity contribution in [1.29, 1.82) is 0 Å². The molecule has 138 valence electrons. The summed E-state index contributed by atoms with van der Waals surface area (Å²) in [5, 5.41) is 12.4.